The maximum absolute atomic E-state index is 5.67. The van der Waals surface area contributed by atoms with E-state index in [1.54, 1.807) is 6.26 Å². The molecule has 0 unspecified atom stereocenters. The van der Waals surface area contributed by atoms with E-state index in [0.717, 1.165) is 31.0 Å². The van der Waals surface area contributed by atoms with Gasteiger partial charge in [0.1, 0.15) is 5.76 Å². The van der Waals surface area contributed by atoms with Gasteiger partial charge < -0.3 is 10.2 Å². The van der Waals surface area contributed by atoms with Crippen LogP contribution in [0.3, 0.4) is 0 Å². The lowest BCUT2D eigenvalue weighted by Gasteiger charge is -2.13. The Morgan fingerprint density at radius 3 is 2.47 bits per heavy atom. The van der Waals surface area contributed by atoms with Crippen molar-refractivity contribution >= 4 is 0 Å². The summed E-state index contributed by atoms with van der Waals surface area (Å²) in [7, 11) is 0. The number of hydrogen-bond acceptors (Lipinski definition) is 3. The molecule has 2 heterocycles. The van der Waals surface area contributed by atoms with E-state index in [9.17, 15) is 0 Å². The third-order valence-corrected chi connectivity index (χ3v) is 3.33. The van der Waals surface area contributed by atoms with Crippen molar-refractivity contribution in [3.05, 3.63) is 59.0 Å². The molecule has 0 radical (unpaired) electrons. The molecule has 2 aromatic rings. The fourth-order valence-corrected chi connectivity index (χ4v) is 2.41. The minimum atomic E-state index is 0.548. The molecule has 1 aliphatic rings. The monoisotopic (exact) mass is 228 g/mol. The van der Waals surface area contributed by atoms with Crippen molar-refractivity contribution in [3.8, 4) is 0 Å². The van der Waals surface area contributed by atoms with Crippen LogP contribution in [0.4, 0.5) is 0 Å². The summed E-state index contributed by atoms with van der Waals surface area (Å²) in [6.07, 6.45) is 1.72. The van der Waals surface area contributed by atoms with Gasteiger partial charge in [0.15, 0.2) is 0 Å². The van der Waals surface area contributed by atoms with Crippen molar-refractivity contribution in [2.75, 3.05) is 0 Å². The van der Waals surface area contributed by atoms with Gasteiger partial charge in [-0.2, -0.15) is 0 Å². The van der Waals surface area contributed by atoms with Crippen LogP contribution in [0.1, 0.15) is 22.5 Å². The standard InChI is InChI=1S/C14H16N2O/c15-7-11-5-6-17-14(11)10-16-8-12-3-1-2-4-13(12)9-16/h1-6H,7-10,15H2. The Hall–Kier alpha value is -1.58. The molecule has 3 rings (SSSR count). The van der Waals surface area contributed by atoms with Crippen LogP contribution in [0.2, 0.25) is 0 Å². The summed E-state index contributed by atoms with van der Waals surface area (Å²) in [6.45, 7) is 3.39. The van der Waals surface area contributed by atoms with Crippen molar-refractivity contribution in [1.82, 2.24) is 4.90 Å². The topological polar surface area (TPSA) is 42.4 Å². The number of hydrogen-bond donors (Lipinski definition) is 1. The molecule has 17 heavy (non-hydrogen) atoms. The summed E-state index contributed by atoms with van der Waals surface area (Å²) in [6, 6.07) is 10.5. The van der Waals surface area contributed by atoms with Gasteiger partial charge >= 0.3 is 0 Å². The van der Waals surface area contributed by atoms with Gasteiger partial charge in [-0.05, 0) is 17.2 Å². The van der Waals surface area contributed by atoms with Crippen LogP contribution in [0.25, 0.3) is 0 Å². The minimum absolute atomic E-state index is 0.548. The van der Waals surface area contributed by atoms with E-state index in [-0.39, 0.29) is 0 Å². The van der Waals surface area contributed by atoms with Gasteiger partial charge in [-0.1, -0.05) is 24.3 Å². The van der Waals surface area contributed by atoms with Gasteiger partial charge in [-0.15, -0.1) is 0 Å². The average molecular weight is 228 g/mol. The molecule has 3 heteroatoms. The second-order valence-electron chi connectivity index (χ2n) is 4.49. The molecule has 0 spiro atoms. The Balaban J connectivity index is 1.74. The average Bonchev–Trinajstić information content (AvgIpc) is 2.94. The molecule has 0 amide bonds. The fourth-order valence-electron chi connectivity index (χ4n) is 2.41. The number of nitrogens with two attached hydrogens (primary N) is 1. The van der Waals surface area contributed by atoms with E-state index in [2.05, 4.69) is 29.2 Å². The molecule has 0 aliphatic carbocycles. The zero-order valence-corrected chi connectivity index (χ0v) is 9.73. The molecule has 0 bridgehead atoms. The van der Waals surface area contributed by atoms with Crippen molar-refractivity contribution in [1.29, 1.82) is 0 Å². The van der Waals surface area contributed by atoms with E-state index in [1.165, 1.54) is 11.1 Å². The van der Waals surface area contributed by atoms with Crippen LogP contribution in [-0.2, 0) is 26.2 Å². The van der Waals surface area contributed by atoms with Gasteiger partial charge in [-0.3, -0.25) is 4.90 Å². The number of benzene rings is 1. The first-order valence-corrected chi connectivity index (χ1v) is 5.91. The summed E-state index contributed by atoms with van der Waals surface area (Å²) in [5.74, 6) is 1.00. The number of fused-ring (bicyclic) bond motifs is 1. The number of rotatable bonds is 3. The molecule has 88 valence electrons. The first-order chi connectivity index (χ1) is 8.36. The lowest BCUT2D eigenvalue weighted by Crippen LogP contribution is -2.16. The molecule has 1 aromatic carbocycles. The summed E-state index contributed by atoms with van der Waals surface area (Å²) in [5.41, 5.74) is 9.64. The smallest absolute Gasteiger partial charge is 0.122 e. The fraction of sp³-hybridized carbons (Fsp3) is 0.286. The highest BCUT2D eigenvalue weighted by molar-refractivity contribution is 5.30. The quantitative estimate of drug-likeness (QED) is 0.876. The Kier molecular flexibility index (Phi) is 2.71. The molecule has 3 nitrogen and oxygen atoms in total. The lowest BCUT2D eigenvalue weighted by molar-refractivity contribution is 0.249. The molecular weight excluding hydrogens is 212 g/mol. The third-order valence-electron chi connectivity index (χ3n) is 3.33. The van der Waals surface area contributed by atoms with Crippen LogP contribution in [0.15, 0.2) is 41.0 Å². The maximum Gasteiger partial charge on any atom is 0.122 e. The Morgan fingerprint density at radius 2 is 1.82 bits per heavy atom. The molecule has 1 aliphatic heterocycles. The van der Waals surface area contributed by atoms with E-state index in [1.807, 2.05) is 6.07 Å². The molecule has 0 atom stereocenters. The molecule has 1 aromatic heterocycles. The third kappa shape index (κ3) is 1.99. The van der Waals surface area contributed by atoms with Gasteiger partial charge in [-0.25, -0.2) is 0 Å². The van der Waals surface area contributed by atoms with Crippen molar-refractivity contribution in [2.45, 2.75) is 26.2 Å². The number of nitrogens with zero attached hydrogens (tertiary/aromatic N) is 1. The summed E-state index contributed by atoms with van der Waals surface area (Å²) < 4.78 is 5.49. The lowest BCUT2D eigenvalue weighted by atomic mass is 10.1. The van der Waals surface area contributed by atoms with Gasteiger partial charge in [0.05, 0.1) is 12.8 Å². The van der Waals surface area contributed by atoms with Crippen molar-refractivity contribution < 1.29 is 4.42 Å². The van der Waals surface area contributed by atoms with E-state index < -0.39 is 0 Å². The van der Waals surface area contributed by atoms with Crippen molar-refractivity contribution in [2.24, 2.45) is 5.73 Å². The second-order valence-corrected chi connectivity index (χ2v) is 4.49. The molecule has 2 N–H and O–H groups in total. The molecule has 0 saturated heterocycles. The van der Waals surface area contributed by atoms with E-state index >= 15 is 0 Å². The first-order valence-electron chi connectivity index (χ1n) is 5.91. The zero-order chi connectivity index (χ0) is 11.7. The Labute approximate surface area is 101 Å². The normalized spacial score (nSPS) is 15.1. The maximum atomic E-state index is 5.67. The van der Waals surface area contributed by atoms with E-state index in [0.29, 0.717) is 6.54 Å². The molecule has 0 saturated carbocycles. The van der Waals surface area contributed by atoms with Gasteiger partial charge in [0.2, 0.25) is 0 Å². The van der Waals surface area contributed by atoms with Crippen LogP contribution in [0, 0.1) is 0 Å². The Bertz CT molecular complexity index is 493. The first kappa shape index (κ1) is 10.6. The predicted octanol–water partition coefficient (Wildman–Crippen LogP) is 2.25. The van der Waals surface area contributed by atoms with Crippen LogP contribution in [-0.4, -0.2) is 4.90 Å². The largest absolute Gasteiger partial charge is 0.468 e. The summed E-state index contributed by atoms with van der Waals surface area (Å²) in [5, 5.41) is 0. The van der Waals surface area contributed by atoms with Crippen LogP contribution < -0.4 is 5.73 Å². The summed E-state index contributed by atoms with van der Waals surface area (Å²) >= 11 is 0. The highest BCUT2D eigenvalue weighted by atomic mass is 16.3. The second kappa shape index (κ2) is 4.35. The van der Waals surface area contributed by atoms with Crippen molar-refractivity contribution in [3.63, 3.8) is 0 Å². The predicted molar refractivity (Wildman–Crippen MR) is 66.0 cm³/mol. The number of furan rings is 1. The van der Waals surface area contributed by atoms with Gasteiger partial charge in [0, 0.05) is 25.2 Å². The van der Waals surface area contributed by atoms with Gasteiger partial charge in [0.25, 0.3) is 0 Å². The SMILES string of the molecule is NCc1ccoc1CN1Cc2ccccc2C1. The van der Waals surface area contributed by atoms with Crippen LogP contribution in [0.5, 0.6) is 0 Å². The van der Waals surface area contributed by atoms with Crippen LogP contribution >= 0.6 is 0 Å². The zero-order valence-electron chi connectivity index (χ0n) is 9.73. The summed E-state index contributed by atoms with van der Waals surface area (Å²) in [4.78, 5) is 2.38. The van der Waals surface area contributed by atoms with E-state index in [4.69, 9.17) is 10.2 Å². The molecular formula is C14H16N2O. The highest BCUT2D eigenvalue weighted by Crippen LogP contribution is 2.24. The Morgan fingerprint density at radius 1 is 1.12 bits per heavy atom. The molecule has 0 fully saturated rings. The highest BCUT2D eigenvalue weighted by Gasteiger charge is 2.20. The minimum Gasteiger partial charge on any atom is -0.468 e.